The number of primary amides is 1. The number of para-hydroxylation sites is 1. The summed E-state index contributed by atoms with van der Waals surface area (Å²) < 4.78 is 0. The molecule has 1 aliphatic heterocycles. The quantitative estimate of drug-likeness (QED) is 0.0437. The summed E-state index contributed by atoms with van der Waals surface area (Å²) in [6.07, 6.45) is 0.561. The Labute approximate surface area is 753 Å². The topological polar surface area (TPSA) is 503 Å². The highest BCUT2D eigenvalue weighted by Gasteiger charge is 2.42. The van der Waals surface area contributed by atoms with Crippen molar-refractivity contribution in [1.29, 1.82) is 0 Å². The number of thioether (sulfide) groups is 1. The van der Waals surface area contributed by atoms with Crippen molar-refractivity contribution in [2.45, 2.75) is 172 Å². The van der Waals surface area contributed by atoms with Gasteiger partial charge in [-0.25, -0.2) is 0 Å². The van der Waals surface area contributed by atoms with Crippen LogP contribution in [0.4, 0.5) is 0 Å². The molecule has 1 saturated heterocycles. The molecule has 1 fully saturated rings. The number of aromatic amines is 1. The molecule has 14 amide bonds. The zero-order valence-electron chi connectivity index (χ0n) is 74.2. The fourth-order valence-electron chi connectivity index (χ4n) is 15.1. The molecule has 1 aliphatic rings. The van der Waals surface area contributed by atoms with Crippen LogP contribution in [0, 0.1) is 11.8 Å². The van der Waals surface area contributed by atoms with E-state index in [0.717, 1.165) is 26.5 Å². The van der Waals surface area contributed by atoms with Gasteiger partial charge in [0.05, 0.1) is 43.9 Å². The number of carbonyl (C=O) groups is 15. The number of H-pyrrole nitrogens is 1. The molecular weight excluding hydrogens is 1680 g/mol. The van der Waals surface area contributed by atoms with Gasteiger partial charge in [-0.2, -0.15) is 0 Å². The van der Waals surface area contributed by atoms with Crippen LogP contribution in [0.5, 0.6) is 17.2 Å². The number of aromatic hydroxyl groups is 3. The van der Waals surface area contributed by atoms with Gasteiger partial charge in [0.15, 0.2) is 0 Å². The third-order valence-corrected chi connectivity index (χ3v) is 23.2. The Balaban J connectivity index is 1.21. The number of benzene rings is 6. The van der Waals surface area contributed by atoms with Crippen molar-refractivity contribution in [1.82, 2.24) is 77.3 Å². The standard InChI is InChI=1S/C93H120N16O19S/c1-11-12-27-75-91(126)106(7)51-79(114)98-63(47-82(117)118)49-96-83(56(4)5)93(128)108(9)76(44-58-23-17-14-18-24-58)88(123)103-72(43-60-30-36-65(111)37-31-60)89(124)105(6)52-80(115)99-71(46-62-48-95-68-26-20-19-25-67(62)68)87(122)102-70(41-59-28-34-64(110)35-29-59)86(121)101-69(40-55(2)3)85(120)104-74(84(119)97-50-78(94)113)53-129-54-81(116)100-73(42-57-21-15-13-16-22-57)90(125)109(10)77(92(127)107(75)8)45-61-32-38-66(112)39-33-61/h13-26,28-39,48,55-56,63,69-77,83,95-96,110-112H,11-12,27,40-47,49-54H2,1-10H3,(H2,94,113)(H,97,119)(H,98,114)(H,99,115)(H,100,116)(H,101,121)(H,102,122)(H,103,123)(H,104,120)(H,117,118). The summed E-state index contributed by atoms with van der Waals surface area (Å²) in [6.45, 7) is 6.27. The van der Waals surface area contributed by atoms with Gasteiger partial charge in [0.2, 0.25) is 82.7 Å². The second kappa shape index (κ2) is 49.1. The molecule has 0 radical (unpaired) electrons. The summed E-state index contributed by atoms with van der Waals surface area (Å²) in [5.74, 6) is -15.4. The van der Waals surface area contributed by atoms with Crippen LogP contribution in [-0.4, -0.2) is 278 Å². The van der Waals surface area contributed by atoms with Crippen LogP contribution >= 0.6 is 11.8 Å². The lowest BCUT2D eigenvalue weighted by molar-refractivity contribution is -0.151. The van der Waals surface area contributed by atoms with Crippen LogP contribution in [-0.2, 0) is 110 Å². The smallest absolute Gasteiger partial charge is 0.305 e. The van der Waals surface area contributed by atoms with Crippen molar-refractivity contribution in [2.24, 2.45) is 17.6 Å². The van der Waals surface area contributed by atoms with Gasteiger partial charge < -0.3 is 103 Å². The molecule has 7 aromatic rings. The van der Waals surface area contributed by atoms with E-state index in [1.165, 1.54) is 118 Å². The molecule has 2 heterocycles. The van der Waals surface area contributed by atoms with E-state index in [1.807, 2.05) is 6.92 Å². The summed E-state index contributed by atoms with van der Waals surface area (Å²) in [5.41, 5.74) is 9.10. The number of aliphatic carboxylic acids is 1. The van der Waals surface area contributed by atoms with Crippen LogP contribution in [0.15, 0.2) is 164 Å². The summed E-state index contributed by atoms with van der Waals surface area (Å²) in [5, 5.41) is 66.9. The van der Waals surface area contributed by atoms with Gasteiger partial charge in [0.1, 0.15) is 71.6 Å². The fourth-order valence-corrected chi connectivity index (χ4v) is 16.0. The molecule has 11 atom stereocenters. The highest BCUT2D eigenvalue weighted by atomic mass is 32.2. The number of rotatable bonds is 23. The van der Waals surface area contributed by atoms with Gasteiger partial charge in [-0.15, -0.1) is 11.8 Å². The number of aromatic nitrogens is 1. The maximum absolute atomic E-state index is 15.5. The number of unbranched alkanes of at least 4 members (excludes halogenated alkanes) is 1. The predicted molar refractivity (Wildman–Crippen MR) is 484 cm³/mol. The number of amides is 14. The lowest BCUT2D eigenvalue weighted by Gasteiger charge is -2.37. The number of hydrogen-bond acceptors (Lipinski definition) is 20. The average molecular weight is 1800 g/mol. The SMILES string of the molecule is CCCCC1C(=O)N(C)CC(=O)NC(CC(=O)O)CNC(C(C)C)C(=O)N(C)C(Cc2ccccc2)C(=O)NC(Cc2ccc(O)cc2)C(=O)N(C)CC(=O)NC(Cc2c[nH]c3ccccc23)C(=O)NC(Cc2ccc(O)cc2)C(=O)NC(CC(C)C)C(=O)NC(C(=O)NCC(N)=O)CSCC(=O)NC(Cc2ccccc2)C(=O)N(C)C(Cc2ccc(O)cc2)C(=O)N1C. The second-order valence-corrected chi connectivity index (χ2v) is 34.3. The third kappa shape index (κ3) is 31.0. The first-order valence-electron chi connectivity index (χ1n) is 42.8. The van der Waals surface area contributed by atoms with Crippen molar-refractivity contribution < 1.29 is 92.3 Å². The van der Waals surface area contributed by atoms with Crippen LogP contribution in [0.25, 0.3) is 10.9 Å². The number of phenolic OH excluding ortho intramolecular Hbond substituents is 3. The van der Waals surface area contributed by atoms with Gasteiger partial charge in [-0.05, 0) is 101 Å². The fraction of sp³-hybridized carbons (Fsp3) is 0.430. The van der Waals surface area contributed by atoms with E-state index in [0.29, 0.717) is 57.1 Å². The minimum Gasteiger partial charge on any atom is -0.508 e. The lowest BCUT2D eigenvalue weighted by atomic mass is 9.98. The monoisotopic (exact) mass is 1800 g/mol. The Hall–Kier alpha value is -13.4. The summed E-state index contributed by atoms with van der Waals surface area (Å²) >= 11 is 0.825. The maximum Gasteiger partial charge on any atom is 0.305 e. The molecule has 35 nitrogen and oxygen atoms in total. The lowest BCUT2D eigenvalue weighted by Crippen LogP contribution is -2.60. The number of carboxylic acid groups (broad SMARTS) is 1. The van der Waals surface area contributed by atoms with Gasteiger partial charge in [-0.1, -0.05) is 163 Å². The highest BCUT2D eigenvalue weighted by Crippen LogP contribution is 2.25. The van der Waals surface area contributed by atoms with Crippen molar-refractivity contribution in [3.05, 3.63) is 197 Å². The minimum atomic E-state index is -1.59. The number of fused-ring (bicyclic) bond motifs is 1. The largest absolute Gasteiger partial charge is 0.508 e. The van der Waals surface area contributed by atoms with Crippen LogP contribution in [0.1, 0.15) is 100 Å². The number of carbonyl (C=O) groups excluding carboxylic acids is 14. The molecule has 129 heavy (non-hydrogen) atoms. The molecule has 0 aliphatic carbocycles. The predicted octanol–water partition coefficient (Wildman–Crippen LogP) is 2.51. The zero-order chi connectivity index (χ0) is 94.3. The summed E-state index contributed by atoms with van der Waals surface area (Å²) in [6, 6.07) is 25.9. The maximum atomic E-state index is 15.5. The number of carboxylic acids is 1. The second-order valence-electron chi connectivity index (χ2n) is 33.3. The number of nitrogens with zero attached hydrogens (tertiary/aromatic N) is 5. The van der Waals surface area contributed by atoms with Crippen molar-refractivity contribution in [3.63, 3.8) is 0 Å². The summed E-state index contributed by atoms with van der Waals surface area (Å²) in [7, 11) is 6.71. The number of nitrogens with one attached hydrogen (secondary N) is 10. The van der Waals surface area contributed by atoms with E-state index in [2.05, 4.69) is 52.8 Å². The Bertz CT molecular complexity index is 5030. The molecule has 0 bridgehead atoms. The van der Waals surface area contributed by atoms with E-state index >= 15 is 38.4 Å². The zero-order valence-corrected chi connectivity index (χ0v) is 75.1. The van der Waals surface area contributed by atoms with Gasteiger partial charge in [0, 0.05) is 103 Å². The van der Waals surface area contributed by atoms with Crippen LogP contribution < -0.4 is 53.6 Å². The van der Waals surface area contributed by atoms with E-state index in [4.69, 9.17) is 5.73 Å². The van der Waals surface area contributed by atoms with E-state index in [1.54, 1.807) is 119 Å². The molecule has 36 heteroatoms. The molecular formula is C93H120N16O19S. The van der Waals surface area contributed by atoms with Crippen LogP contribution in [0.3, 0.4) is 0 Å². The number of hydrogen-bond donors (Lipinski definition) is 15. The Morgan fingerprint density at radius 2 is 0.938 bits per heavy atom. The Morgan fingerprint density at radius 1 is 0.481 bits per heavy atom. The van der Waals surface area contributed by atoms with Crippen LogP contribution in [0.2, 0.25) is 0 Å². The molecule has 16 N–H and O–H groups in total. The highest BCUT2D eigenvalue weighted by molar-refractivity contribution is 8.00. The molecule has 6 aromatic carbocycles. The van der Waals surface area contributed by atoms with E-state index < -0.39 is 199 Å². The molecule has 11 unspecified atom stereocenters. The molecule has 1 aromatic heterocycles. The van der Waals surface area contributed by atoms with Crippen molar-refractivity contribution >= 4 is 111 Å². The van der Waals surface area contributed by atoms with Gasteiger partial charge in [-0.3, -0.25) is 71.9 Å². The van der Waals surface area contributed by atoms with Crippen molar-refractivity contribution in [2.75, 3.05) is 72.9 Å². The van der Waals surface area contributed by atoms with E-state index in [9.17, 15) is 54.0 Å². The normalized spacial score (nSPS) is 22.0. The first kappa shape index (κ1) is 101. The van der Waals surface area contributed by atoms with E-state index in [-0.39, 0.29) is 81.1 Å². The molecule has 692 valence electrons. The molecule has 0 saturated carbocycles. The first-order chi connectivity index (χ1) is 61.4. The number of phenols is 3. The number of nitrogens with two attached hydrogens (primary N) is 1. The first-order valence-corrected chi connectivity index (χ1v) is 44.0. The average Bonchev–Trinajstić information content (AvgIpc) is 1.34. The molecule has 8 rings (SSSR count). The minimum absolute atomic E-state index is 0.0531. The van der Waals surface area contributed by atoms with Crippen molar-refractivity contribution in [3.8, 4) is 17.2 Å². The van der Waals surface area contributed by atoms with Gasteiger partial charge in [0.25, 0.3) is 0 Å². The number of likely N-dealkylation sites (N-methyl/N-ethyl adjacent to an activating group) is 5. The third-order valence-electron chi connectivity index (χ3n) is 22.2. The summed E-state index contributed by atoms with van der Waals surface area (Å²) in [4.78, 5) is 229. The van der Waals surface area contributed by atoms with Gasteiger partial charge >= 0.3 is 5.97 Å². The Kier molecular flexibility index (Phi) is 38.4. The Morgan fingerprint density at radius 3 is 1.49 bits per heavy atom. The molecule has 0 spiro atoms.